The monoisotopic (exact) mass is 365 g/mol. The fourth-order valence-electron chi connectivity index (χ4n) is 2.25. The molecule has 0 spiro atoms. The minimum Gasteiger partial charge on any atom is -0.444 e. The number of nitrogens with two attached hydrogens (primary N) is 1. The molecule has 0 bridgehead atoms. The first-order valence-corrected chi connectivity index (χ1v) is 8.61. The summed E-state index contributed by atoms with van der Waals surface area (Å²) in [6.45, 7) is 5.69. The Labute approximate surface area is 159 Å². The second kappa shape index (κ2) is 8.93. The molecule has 6 heteroatoms. The molecule has 6 nitrogen and oxygen atoms in total. The van der Waals surface area contributed by atoms with Gasteiger partial charge in [-0.1, -0.05) is 25.8 Å². The van der Waals surface area contributed by atoms with Gasteiger partial charge in [0.2, 0.25) is 0 Å². The highest BCUT2D eigenvalue weighted by Crippen LogP contribution is 2.18. The van der Waals surface area contributed by atoms with Crippen molar-refractivity contribution in [3.8, 4) is 23.7 Å². The number of benzene rings is 1. The van der Waals surface area contributed by atoms with Gasteiger partial charge in [0.05, 0.1) is 11.6 Å². The van der Waals surface area contributed by atoms with E-state index in [4.69, 9.17) is 20.6 Å². The topological polar surface area (TPSA) is 88.6 Å². The summed E-state index contributed by atoms with van der Waals surface area (Å²) in [4.78, 5) is 12.1. The van der Waals surface area contributed by atoms with Gasteiger partial charge in [-0.3, -0.25) is 9.80 Å². The molecule has 0 saturated carbocycles. The molecule has 2 N–H and O–H groups in total. The maximum atomic E-state index is 12.1. The van der Waals surface area contributed by atoms with Crippen LogP contribution in [0.15, 0.2) is 48.7 Å². The Balaban J connectivity index is 2.20. The van der Waals surface area contributed by atoms with Crippen LogP contribution in [0.5, 0.6) is 5.75 Å². The third kappa shape index (κ3) is 5.91. The van der Waals surface area contributed by atoms with Crippen LogP contribution in [0.3, 0.4) is 0 Å². The molecule has 1 heterocycles. The van der Waals surface area contributed by atoms with E-state index in [0.29, 0.717) is 11.3 Å². The molecule has 2 atom stereocenters. The second-order valence-electron chi connectivity index (χ2n) is 6.70. The van der Waals surface area contributed by atoms with Crippen LogP contribution in [0.1, 0.15) is 32.8 Å². The summed E-state index contributed by atoms with van der Waals surface area (Å²) in [6.07, 6.45) is 6.37. The van der Waals surface area contributed by atoms with Crippen LogP contribution >= 0.6 is 0 Å². The Hall–Kier alpha value is -3.22. The summed E-state index contributed by atoms with van der Waals surface area (Å²) in [6, 6.07) is 8.53. The summed E-state index contributed by atoms with van der Waals surface area (Å²) >= 11 is 0. The third-order valence-electron chi connectivity index (χ3n) is 3.80. The van der Waals surface area contributed by atoms with Crippen LogP contribution in [-0.2, 0) is 9.53 Å². The highest BCUT2D eigenvalue weighted by Gasteiger charge is 2.25. The van der Waals surface area contributed by atoms with Crippen LogP contribution in [0.25, 0.3) is 0 Å². The quantitative estimate of drug-likeness (QED) is 0.374. The lowest BCUT2D eigenvalue weighted by atomic mass is 10.00. The van der Waals surface area contributed by atoms with Gasteiger partial charge in [0, 0.05) is 12.6 Å². The van der Waals surface area contributed by atoms with E-state index >= 15 is 0 Å². The summed E-state index contributed by atoms with van der Waals surface area (Å²) in [5, 5.41) is 10.4. The van der Waals surface area contributed by atoms with Crippen LogP contribution in [0.4, 0.5) is 0 Å². The lowest BCUT2D eigenvalue weighted by Crippen LogP contribution is -2.46. The first-order chi connectivity index (χ1) is 12.8. The molecule has 0 aromatic heterocycles. The van der Waals surface area contributed by atoms with Gasteiger partial charge in [-0.2, -0.15) is 5.26 Å². The lowest BCUT2D eigenvalue weighted by molar-refractivity contribution is -0.157. The number of esters is 1. The molecule has 1 aromatic rings. The minimum absolute atomic E-state index is 0.157. The zero-order valence-electron chi connectivity index (χ0n) is 15.7. The van der Waals surface area contributed by atoms with Gasteiger partial charge in [-0.15, -0.1) is 0 Å². The maximum Gasteiger partial charge on any atom is 0.309 e. The molecule has 1 aliphatic heterocycles. The normalized spacial score (nSPS) is 19.0. The molecular formula is C21H23N3O3. The van der Waals surface area contributed by atoms with Crippen molar-refractivity contribution in [3.05, 3.63) is 54.3 Å². The largest absolute Gasteiger partial charge is 0.444 e. The number of rotatable bonds is 5. The van der Waals surface area contributed by atoms with Gasteiger partial charge in [0.25, 0.3) is 0 Å². The number of hydrogen-bond acceptors (Lipinski definition) is 6. The number of nitrogens with zero attached hydrogens (tertiary/aromatic N) is 2. The predicted molar refractivity (Wildman–Crippen MR) is 102 cm³/mol. The average Bonchev–Trinajstić information content (AvgIpc) is 2.62. The molecule has 1 aliphatic rings. The highest BCUT2D eigenvalue weighted by molar-refractivity contribution is 5.70. The molecule has 0 saturated heterocycles. The zero-order chi connectivity index (χ0) is 19.9. The Bertz CT molecular complexity index is 825. The van der Waals surface area contributed by atoms with E-state index in [1.165, 1.54) is 5.01 Å². The van der Waals surface area contributed by atoms with E-state index in [0.717, 1.165) is 0 Å². The summed E-state index contributed by atoms with van der Waals surface area (Å²) in [5.41, 5.74) is -0.238. The summed E-state index contributed by atoms with van der Waals surface area (Å²) < 4.78 is 11.1. The number of carbonyl (C=O) groups is 1. The zero-order valence-corrected chi connectivity index (χ0v) is 15.7. The molecule has 0 radical (unpaired) electrons. The predicted octanol–water partition coefficient (Wildman–Crippen LogP) is 2.87. The van der Waals surface area contributed by atoms with Crippen LogP contribution in [0.2, 0.25) is 0 Å². The van der Waals surface area contributed by atoms with Gasteiger partial charge in [-0.25, -0.2) is 5.84 Å². The van der Waals surface area contributed by atoms with E-state index in [1.54, 1.807) is 36.5 Å². The Morgan fingerprint density at radius 1 is 1.30 bits per heavy atom. The van der Waals surface area contributed by atoms with Crippen molar-refractivity contribution in [3.63, 3.8) is 0 Å². The number of carbonyl (C=O) groups excluding carboxylic acids is 1. The Morgan fingerprint density at radius 3 is 2.59 bits per heavy atom. The van der Waals surface area contributed by atoms with Crippen molar-refractivity contribution in [1.29, 1.82) is 5.26 Å². The average molecular weight is 365 g/mol. The Morgan fingerprint density at radius 2 is 2.00 bits per heavy atom. The summed E-state index contributed by atoms with van der Waals surface area (Å²) in [5.74, 6) is 12.0. The SMILES string of the molecule is CC(C)CC(=O)OC(C#CC1(C)C=CC=CN1N)Oc1ccc(C#N)cc1. The van der Waals surface area contributed by atoms with Gasteiger partial charge >= 0.3 is 12.3 Å². The van der Waals surface area contributed by atoms with Crippen molar-refractivity contribution in [2.75, 3.05) is 0 Å². The van der Waals surface area contributed by atoms with Gasteiger partial charge in [0.15, 0.2) is 0 Å². The molecule has 140 valence electrons. The molecule has 0 amide bonds. The first kappa shape index (κ1) is 20.1. The second-order valence-corrected chi connectivity index (χ2v) is 6.70. The van der Waals surface area contributed by atoms with Crippen molar-refractivity contribution >= 4 is 5.97 Å². The third-order valence-corrected chi connectivity index (χ3v) is 3.80. The maximum absolute atomic E-state index is 12.1. The molecular weight excluding hydrogens is 342 g/mol. The highest BCUT2D eigenvalue weighted by atomic mass is 16.7. The minimum atomic E-state index is -1.09. The van der Waals surface area contributed by atoms with Gasteiger partial charge in [-0.05, 0) is 55.2 Å². The van der Waals surface area contributed by atoms with Crippen LogP contribution in [-0.4, -0.2) is 22.8 Å². The van der Waals surface area contributed by atoms with Crippen LogP contribution < -0.4 is 10.6 Å². The molecule has 0 aliphatic carbocycles. The summed E-state index contributed by atoms with van der Waals surface area (Å²) in [7, 11) is 0. The Kier molecular flexibility index (Phi) is 6.65. The fraction of sp³-hybridized carbons (Fsp3) is 0.333. The molecule has 2 rings (SSSR count). The van der Waals surface area contributed by atoms with E-state index in [2.05, 4.69) is 11.8 Å². The van der Waals surface area contributed by atoms with Crippen molar-refractivity contribution in [1.82, 2.24) is 5.01 Å². The van der Waals surface area contributed by atoms with E-state index in [1.807, 2.05) is 39.0 Å². The van der Waals surface area contributed by atoms with E-state index < -0.39 is 17.8 Å². The number of allylic oxidation sites excluding steroid dienone is 2. The number of hydrogen-bond donors (Lipinski definition) is 1. The van der Waals surface area contributed by atoms with Crippen molar-refractivity contribution < 1.29 is 14.3 Å². The number of hydrazine groups is 1. The van der Waals surface area contributed by atoms with Crippen molar-refractivity contribution in [2.45, 2.75) is 39.0 Å². The van der Waals surface area contributed by atoms with Gasteiger partial charge in [0.1, 0.15) is 11.3 Å². The standard InChI is InChI=1S/C21H23N3O3/c1-16(2)14-19(25)27-20(26-18-8-6-17(15-22)7-9-18)10-12-21(3)11-4-5-13-24(21)23/h4-9,11,13,16,20H,14,23H2,1-3H3. The molecule has 1 aromatic carbocycles. The smallest absolute Gasteiger partial charge is 0.309 e. The van der Waals surface area contributed by atoms with Gasteiger partial charge < -0.3 is 9.47 Å². The van der Waals surface area contributed by atoms with E-state index in [-0.39, 0.29) is 12.3 Å². The fourth-order valence-corrected chi connectivity index (χ4v) is 2.25. The first-order valence-electron chi connectivity index (χ1n) is 8.61. The van der Waals surface area contributed by atoms with Crippen molar-refractivity contribution in [2.24, 2.45) is 11.8 Å². The molecule has 27 heavy (non-hydrogen) atoms. The number of nitriles is 1. The molecule has 0 fully saturated rings. The lowest BCUT2D eigenvalue weighted by Gasteiger charge is -2.31. The van der Waals surface area contributed by atoms with Crippen LogP contribution in [0, 0.1) is 29.1 Å². The number of ether oxygens (including phenoxy) is 2. The molecule has 2 unspecified atom stereocenters. The van der Waals surface area contributed by atoms with E-state index in [9.17, 15) is 4.79 Å².